The first-order chi connectivity index (χ1) is 6.49. The van der Waals surface area contributed by atoms with Crippen LogP contribution in [0.3, 0.4) is 0 Å². The molecule has 0 aliphatic heterocycles. The molecule has 86 valence electrons. The van der Waals surface area contributed by atoms with E-state index < -0.39 is 8.56 Å². The first-order valence-electron chi connectivity index (χ1n) is 5.60. The van der Waals surface area contributed by atoms with E-state index in [0.29, 0.717) is 0 Å². The molecule has 0 aromatic heterocycles. The van der Waals surface area contributed by atoms with Crippen LogP contribution >= 0.6 is 0 Å². The van der Waals surface area contributed by atoms with Gasteiger partial charge in [0.25, 0.3) is 0 Å². The summed E-state index contributed by atoms with van der Waals surface area (Å²) in [6.45, 7) is 8.96. The molecule has 2 nitrogen and oxygen atoms in total. The van der Waals surface area contributed by atoms with E-state index in [2.05, 4.69) is 27.7 Å². The van der Waals surface area contributed by atoms with Crippen molar-refractivity contribution in [1.82, 2.24) is 0 Å². The predicted octanol–water partition coefficient (Wildman–Crippen LogP) is 3.71. The van der Waals surface area contributed by atoms with E-state index in [1.54, 1.807) is 0 Å². The van der Waals surface area contributed by atoms with Crippen LogP contribution in [0, 0.1) is 0 Å². The molecule has 3 heteroatoms. The van der Waals surface area contributed by atoms with E-state index in [4.69, 9.17) is 8.85 Å². The van der Waals surface area contributed by atoms with Gasteiger partial charge in [-0.15, -0.1) is 0 Å². The molecule has 0 fully saturated rings. The van der Waals surface area contributed by atoms with Gasteiger partial charge in [-0.05, 0) is 12.5 Å². The van der Waals surface area contributed by atoms with Crippen LogP contribution in [-0.2, 0) is 8.85 Å². The van der Waals surface area contributed by atoms with E-state index in [1.165, 1.54) is 12.8 Å². The van der Waals surface area contributed by atoms with Gasteiger partial charge in [-0.1, -0.05) is 40.5 Å². The zero-order valence-corrected chi connectivity index (χ0v) is 11.6. The van der Waals surface area contributed by atoms with Crippen molar-refractivity contribution in [3.63, 3.8) is 0 Å². The van der Waals surface area contributed by atoms with Crippen molar-refractivity contribution in [2.45, 2.75) is 58.0 Å². The molecule has 0 aliphatic carbocycles. The lowest BCUT2D eigenvalue weighted by molar-refractivity contribution is 0.206. The SMILES string of the molecule is CCCC[Si](OC)(OC)C(C)(C)CC. The highest BCUT2D eigenvalue weighted by molar-refractivity contribution is 6.70. The maximum absolute atomic E-state index is 5.76. The van der Waals surface area contributed by atoms with Crippen molar-refractivity contribution in [3.8, 4) is 0 Å². The van der Waals surface area contributed by atoms with Gasteiger partial charge in [-0.2, -0.15) is 0 Å². The zero-order valence-electron chi connectivity index (χ0n) is 10.6. The number of hydrogen-bond donors (Lipinski definition) is 0. The van der Waals surface area contributed by atoms with E-state index in [-0.39, 0.29) is 5.04 Å². The van der Waals surface area contributed by atoms with E-state index in [9.17, 15) is 0 Å². The molecule has 14 heavy (non-hydrogen) atoms. The van der Waals surface area contributed by atoms with Crippen LogP contribution in [0.25, 0.3) is 0 Å². The van der Waals surface area contributed by atoms with Crippen LogP contribution in [0.4, 0.5) is 0 Å². The molecule has 0 N–H and O–H groups in total. The fourth-order valence-corrected chi connectivity index (χ4v) is 5.57. The highest BCUT2D eigenvalue weighted by atomic mass is 28.4. The fraction of sp³-hybridized carbons (Fsp3) is 1.00. The average Bonchev–Trinajstić information content (AvgIpc) is 2.20. The molecule has 0 saturated heterocycles. The minimum atomic E-state index is -1.99. The number of rotatable bonds is 7. The summed E-state index contributed by atoms with van der Waals surface area (Å²) in [4.78, 5) is 0. The van der Waals surface area contributed by atoms with Gasteiger partial charge in [-0.25, -0.2) is 0 Å². The number of unbranched alkanes of at least 4 members (excludes halogenated alkanes) is 1. The fourth-order valence-electron chi connectivity index (χ4n) is 1.86. The Kier molecular flexibility index (Phi) is 5.94. The third-order valence-corrected chi connectivity index (χ3v) is 8.18. The van der Waals surface area contributed by atoms with Gasteiger partial charge in [0.05, 0.1) is 0 Å². The Labute approximate surface area is 90.2 Å². The lowest BCUT2D eigenvalue weighted by atomic mass is 10.1. The van der Waals surface area contributed by atoms with Gasteiger partial charge in [0.15, 0.2) is 0 Å². The van der Waals surface area contributed by atoms with Gasteiger partial charge in [-0.3, -0.25) is 0 Å². The summed E-state index contributed by atoms with van der Waals surface area (Å²) in [6, 6.07) is 1.11. The van der Waals surface area contributed by atoms with E-state index in [1.807, 2.05) is 14.2 Å². The second-order valence-corrected chi connectivity index (χ2v) is 8.68. The van der Waals surface area contributed by atoms with Crippen LogP contribution in [0.15, 0.2) is 0 Å². The molecule has 0 aliphatic rings. The van der Waals surface area contributed by atoms with E-state index in [0.717, 1.165) is 12.5 Å². The van der Waals surface area contributed by atoms with Crippen molar-refractivity contribution in [1.29, 1.82) is 0 Å². The van der Waals surface area contributed by atoms with Crippen molar-refractivity contribution >= 4 is 8.56 Å². The molecule has 0 spiro atoms. The maximum Gasteiger partial charge on any atom is 0.343 e. The Hall–Kier alpha value is 0.137. The molecule has 0 rings (SSSR count). The van der Waals surface area contributed by atoms with Crippen molar-refractivity contribution in [2.75, 3.05) is 14.2 Å². The minimum Gasteiger partial charge on any atom is -0.397 e. The molecular weight excluding hydrogens is 192 g/mol. The molecule has 0 aromatic carbocycles. The molecule has 0 atom stereocenters. The first-order valence-corrected chi connectivity index (χ1v) is 7.62. The molecule has 0 aromatic rings. The van der Waals surface area contributed by atoms with E-state index >= 15 is 0 Å². The molecular formula is C11H26O2Si. The minimum absolute atomic E-state index is 0.200. The normalized spacial score (nSPS) is 13.3. The summed E-state index contributed by atoms with van der Waals surface area (Å²) in [5.74, 6) is 0. The highest BCUT2D eigenvalue weighted by Crippen LogP contribution is 2.44. The Morgan fingerprint density at radius 3 is 1.86 bits per heavy atom. The topological polar surface area (TPSA) is 18.5 Å². The van der Waals surface area contributed by atoms with Gasteiger partial charge >= 0.3 is 8.56 Å². The van der Waals surface area contributed by atoms with Crippen LogP contribution in [-0.4, -0.2) is 22.8 Å². The second kappa shape index (κ2) is 5.88. The zero-order chi connectivity index (χ0) is 11.2. The molecule has 0 bridgehead atoms. The number of hydrogen-bond acceptors (Lipinski definition) is 2. The third-order valence-electron chi connectivity index (χ3n) is 3.43. The molecule has 0 saturated carbocycles. The van der Waals surface area contributed by atoms with Crippen molar-refractivity contribution < 1.29 is 8.85 Å². The Morgan fingerprint density at radius 2 is 1.57 bits per heavy atom. The van der Waals surface area contributed by atoms with Gasteiger partial charge < -0.3 is 8.85 Å². The monoisotopic (exact) mass is 218 g/mol. The lowest BCUT2D eigenvalue weighted by Gasteiger charge is -2.40. The molecule has 0 heterocycles. The maximum atomic E-state index is 5.76. The van der Waals surface area contributed by atoms with Crippen LogP contribution < -0.4 is 0 Å². The summed E-state index contributed by atoms with van der Waals surface area (Å²) < 4.78 is 11.5. The molecule has 0 radical (unpaired) electrons. The Balaban J connectivity index is 4.67. The first kappa shape index (κ1) is 14.1. The smallest absolute Gasteiger partial charge is 0.343 e. The summed E-state index contributed by atoms with van der Waals surface area (Å²) >= 11 is 0. The van der Waals surface area contributed by atoms with Crippen LogP contribution in [0.5, 0.6) is 0 Å². The van der Waals surface area contributed by atoms with Gasteiger partial charge in [0.2, 0.25) is 0 Å². The average molecular weight is 218 g/mol. The third kappa shape index (κ3) is 2.81. The van der Waals surface area contributed by atoms with Crippen molar-refractivity contribution in [2.24, 2.45) is 0 Å². The van der Waals surface area contributed by atoms with Gasteiger partial charge in [0, 0.05) is 19.3 Å². The molecule has 0 amide bonds. The summed E-state index contributed by atoms with van der Waals surface area (Å²) in [5.41, 5.74) is 0. The van der Waals surface area contributed by atoms with Crippen molar-refractivity contribution in [3.05, 3.63) is 0 Å². The summed E-state index contributed by atoms with van der Waals surface area (Å²) in [6.07, 6.45) is 3.53. The van der Waals surface area contributed by atoms with Crippen LogP contribution in [0.1, 0.15) is 47.0 Å². The standard InChI is InChI=1S/C11H26O2Si/c1-7-9-10-14(12-5,13-6)11(3,4)8-2/h7-10H2,1-6H3. The predicted molar refractivity (Wildman–Crippen MR) is 63.8 cm³/mol. The second-order valence-electron chi connectivity index (χ2n) is 4.50. The van der Waals surface area contributed by atoms with Gasteiger partial charge in [0.1, 0.15) is 0 Å². The van der Waals surface area contributed by atoms with Crippen LogP contribution in [0.2, 0.25) is 11.1 Å². The Bertz CT molecular complexity index is 153. The summed E-state index contributed by atoms with van der Waals surface area (Å²) in [7, 11) is 1.62. The quantitative estimate of drug-likeness (QED) is 0.606. The summed E-state index contributed by atoms with van der Waals surface area (Å²) in [5, 5.41) is 0.200. The lowest BCUT2D eigenvalue weighted by Crippen LogP contribution is -2.49. The largest absolute Gasteiger partial charge is 0.397 e. The Morgan fingerprint density at radius 1 is 1.07 bits per heavy atom. The molecule has 0 unspecified atom stereocenters. The highest BCUT2D eigenvalue weighted by Gasteiger charge is 2.48.